The van der Waals surface area contributed by atoms with Gasteiger partial charge in [-0.25, -0.2) is 0 Å². The van der Waals surface area contributed by atoms with Crippen LogP contribution in [0.25, 0.3) is 0 Å². The molecule has 0 aliphatic heterocycles. The number of hydrogen-bond acceptors (Lipinski definition) is 1. The van der Waals surface area contributed by atoms with Crippen LogP contribution in [0.2, 0.25) is 5.02 Å². The normalized spacial score (nSPS) is 25.0. The average Bonchev–Trinajstić information content (AvgIpc) is 2.13. The molecule has 3 heteroatoms. The lowest BCUT2D eigenvalue weighted by molar-refractivity contribution is 0.345. The van der Waals surface area contributed by atoms with Gasteiger partial charge in [-0.3, -0.25) is 0 Å². The minimum absolute atomic E-state index is 0.371. The van der Waals surface area contributed by atoms with Crippen molar-refractivity contribution in [3.8, 4) is 0 Å². The minimum Gasteiger partial charge on any atom is -0.310 e. The van der Waals surface area contributed by atoms with Crippen molar-refractivity contribution in [2.24, 2.45) is 0 Å². The Bertz CT molecular complexity index is 345. The fourth-order valence-electron chi connectivity index (χ4n) is 1.77. The van der Waals surface area contributed by atoms with Crippen molar-refractivity contribution in [2.75, 3.05) is 0 Å². The zero-order valence-electron chi connectivity index (χ0n) is 8.76. The summed E-state index contributed by atoms with van der Waals surface area (Å²) in [4.78, 5) is 0. The number of benzene rings is 1. The van der Waals surface area contributed by atoms with Gasteiger partial charge in [0.15, 0.2) is 0 Å². The van der Waals surface area contributed by atoms with E-state index in [-0.39, 0.29) is 0 Å². The van der Waals surface area contributed by atoms with Crippen LogP contribution in [0.3, 0.4) is 0 Å². The van der Waals surface area contributed by atoms with Crippen LogP contribution in [0.4, 0.5) is 0 Å². The molecule has 1 N–H and O–H groups in total. The number of hydrogen-bond donors (Lipinski definition) is 1. The number of rotatable bonds is 3. The third-order valence-electron chi connectivity index (χ3n) is 2.87. The van der Waals surface area contributed by atoms with Crippen LogP contribution < -0.4 is 5.32 Å². The van der Waals surface area contributed by atoms with Gasteiger partial charge in [0.2, 0.25) is 0 Å². The van der Waals surface area contributed by atoms with Gasteiger partial charge in [-0.2, -0.15) is 0 Å². The fraction of sp³-hybridized carbons (Fsp3) is 0.500. The van der Waals surface area contributed by atoms with E-state index in [1.165, 1.54) is 11.1 Å². The number of halogens is 2. The minimum atomic E-state index is 0.371. The third kappa shape index (κ3) is 2.87. The van der Waals surface area contributed by atoms with Crippen LogP contribution in [0, 0.1) is 6.92 Å². The van der Waals surface area contributed by atoms with E-state index in [1.807, 2.05) is 13.0 Å². The van der Waals surface area contributed by atoms with E-state index < -0.39 is 0 Å². The summed E-state index contributed by atoms with van der Waals surface area (Å²) in [5.41, 5.74) is 2.37. The predicted octanol–water partition coefficient (Wildman–Crippen LogP) is 3.51. The van der Waals surface area contributed by atoms with Crippen LogP contribution >= 0.6 is 23.2 Å². The first-order chi connectivity index (χ1) is 7.15. The molecule has 1 nitrogen and oxygen atoms in total. The first-order valence-corrected chi connectivity index (χ1v) is 6.09. The molecule has 0 amide bonds. The van der Waals surface area contributed by atoms with E-state index >= 15 is 0 Å². The Hall–Kier alpha value is -0.240. The van der Waals surface area contributed by atoms with Gasteiger partial charge in [-0.05, 0) is 37.0 Å². The second-order valence-electron chi connectivity index (χ2n) is 4.24. The molecular formula is C12H15Cl2N. The fourth-order valence-corrected chi connectivity index (χ4v) is 2.50. The molecule has 1 aliphatic carbocycles. The third-order valence-corrected chi connectivity index (χ3v) is 3.58. The number of aryl methyl sites for hydroxylation is 1. The summed E-state index contributed by atoms with van der Waals surface area (Å²) in [6.07, 6.45) is 2.15. The Balaban J connectivity index is 1.88. The lowest BCUT2D eigenvalue weighted by atomic mass is 9.92. The topological polar surface area (TPSA) is 12.0 Å². The smallest absolute Gasteiger partial charge is 0.0453 e. The highest BCUT2D eigenvalue weighted by Gasteiger charge is 2.26. The maximum Gasteiger partial charge on any atom is 0.0453 e. The van der Waals surface area contributed by atoms with E-state index in [9.17, 15) is 0 Å². The lowest BCUT2D eigenvalue weighted by Gasteiger charge is -2.31. The van der Waals surface area contributed by atoms with Crippen molar-refractivity contribution < 1.29 is 0 Å². The Morgan fingerprint density at radius 2 is 2.13 bits per heavy atom. The molecule has 0 aromatic heterocycles. The summed E-state index contributed by atoms with van der Waals surface area (Å²) < 4.78 is 0. The Labute approximate surface area is 101 Å². The van der Waals surface area contributed by atoms with Gasteiger partial charge in [0.25, 0.3) is 0 Å². The molecule has 1 fully saturated rings. The van der Waals surface area contributed by atoms with Crippen LogP contribution in [0.1, 0.15) is 24.0 Å². The zero-order valence-corrected chi connectivity index (χ0v) is 10.3. The number of alkyl halides is 1. The quantitative estimate of drug-likeness (QED) is 0.802. The van der Waals surface area contributed by atoms with Crippen molar-refractivity contribution in [3.05, 3.63) is 34.3 Å². The van der Waals surface area contributed by atoms with Gasteiger partial charge in [0, 0.05) is 23.0 Å². The molecule has 15 heavy (non-hydrogen) atoms. The van der Waals surface area contributed by atoms with E-state index in [0.29, 0.717) is 11.4 Å². The summed E-state index contributed by atoms with van der Waals surface area (Å²) in [6.45, 7) is 2.89. The molecule has 2 rings (SSSR count). The van der Waals surface area contributed by atoms with Crippen LogP contribution in [-0.2, 0) is 6.54 Å². The molecule has 0 atom stereocenters. The molecule has 0 bridgehead atoms. The van der Waals surface area contributed by atoms with Crippen molar-refractivity contribution in [1.82, 2.24) is 5.32 Å². The summed E-state index contributed by atoms with van der Waals surface area (Å²) in [5.74, 6) is 0. The highest BCUT2D eigenvalue weighted by atomic mass is 35.5. The molecule has 0 unspecified atom stereocenters. The van der Waals surface area contributed by atoms with Gasteiger partial charge >= 0.3 is 0 Å². The van der Waals surface area contributed by atoms with Gasteiger partial charge in [-0.1, -0.05) is 23.7 Å². The summed E-state index contributed by atoms with van der Waals surface area (Å²) in [6, 6.07) is 6.75. The standard InChI is InChI=1S/C12H15Cl2N/c1-8-2-3-9(12(14)4-8)7-15-11-5-10(13)6-11/h2-4,10-11,15H,5-7H2,1H3. The van der Waals surface area contributed by atoms with Crippen LogP contribution in [0.15, 0.2) is 18.2 Å². The van der Waals surface area contributed by atoms with Gasteiger partial charge in [0.05, 0.1) is 0 Å². The highest BCUT2D eigenvalue weighted by Crippen LogP contribution is 2.26. The first-order valence-electron chi connectivity index (χ1n) is 5.27. The van der Waals surface area contributed by atoms with Crippen molar-refractivity contribution in [1.29, 1.82) is 0 Å². The predicted molar refractivity (Wildman–Crippen MR) is 65.7 cm³/mol. The average molecular weight is 244 g/mol. The van der Waals surface area contributed by atoms with Crippen molar-refractivity contribution in [2.45, 2.75) is 37.7 Å². The molecule has 0 spiro atoms. The van der Waals surface area contributed by atoms with Crippen molar-refractivity contribution >= 4 is 23.2 Å². The Morgan fingerprint density at radius 1 is 1.40 bits per heavy atom. The van der Waals surface area contributed by atoms with Gasteiger partial charge < -0.3 is 5.32 Å². The SMILES string of the molecule is Cc1ccc(CNC2CC(Cl)C2)c(Cl)c1. The van der Waals surface area contributed by atoms with E-state index in [4.69, 9.17) is 23.2 Å². The lowest BCUT2D eigenvalue weighted by Crippen LogP contribution is -2.41. The summed E-state index contributed by atoms with van der Waals surface area (Å²) in [5, 5.41) is 4.68. The molecule has 0 heterocycles. The molecule has 1 aromatic carbocycles. The van der Waals surface area contributed by atoms with Gasteiger partial charge in [0.1, 0.15) is 0 Å². The summed E-state index contributed by atoms with van der Waals surface area (Å²) in [7, 11) is 0. The van der Waals surface area contributed by atoms with E-state index in [2.05, 4.69) is 17.4 Å². The molecule has 0 saturated heterocycles. The molecule has 0 radical (unpaired) electrons. The van der Waals surface area contributed by atoms with E-state index in [0.717, 1.165) is 24.4 Å². The van der Waals surface area contributed by atoms with Crippen LogP contribution in [0.5, 0.6) is 0 Å². The largest absolute Gasteiger partial charge is 0.310 e. The monoisotopic (exact) mass is 243 g/mol. The van der Waals surface area contributed by atoms with E-state index in [1.54, 1.807) is 0 Å². The van der Waals surface area contributed by atoms with Crippen molar-refractivity contribution in [3.63, 3.8) is 0 Å². The zero-order chi connectivity index (χ0) is 10.8. The molecule has 1 saturated carbocycles. The Morgan fingerprint density at radius 3 is 2.73 bits per heavy atom. The maximum atomic E-state index is 6.14. The maximum absolute atomic E-state index is 6.14. The highest BCUT2D eigenvalue weighted by molar-refractivity contribution is 6.31. The summed E-state index contributed by atoms with van der Waals surface area (Å²) >= 11 is 12.0. The molecule has 1 aromatic rings. The van der Waals surface area contributed by atoms with Gasteiger partial charge in [-0.15, -0.1) is 11.6 Å². The second-order valence-corrected chi connectivity index (χ2v) is 5.27. The number of nitrogens with one attached hydrogen (secondary N) is 1. The first kappa shape index (κ1) is 11.3. The Kier molecular flexibility index (Phi) is 3.55. The molecular weight excluding hydrogens is 229 g/mol. The van der Waals surface area contributed by atoms with Crippen LogP contribution in [-0.4, -0.2) is 11.4 Å². The second kappa shape index (κ2) is 4.73. The molecule has 1 aliphatic rings. The molecule has 82 valence electrons.